The first-order chi connectivity index (χ1) is 11.3. The van der Waals surface area contributed by atoms with Gasteiger partial charge in [-0.25, -0.2) is 4.79 Å². The normalized spacial score (nSPS) is 19.3. The van der Waals surface area contributed by atoms with Crippen molar-refractivity contribution in [3.63, 3.8) is 0 Å². The highest BCUT2D eigenvalue weighted by atomic mass is 16.4. The van der Waals surface area contributed by atoms with Crippen molar-refractivity contribution >= 4 is 23.7 Å². The number of hydrogen-bond acceptors (Lipinski definition) is 6. The van der Waals surface area contributed by atoms with Crippen LogP contribution < -0.4 is 22.5 Å². The number of imide groups is 1. The highest BCUT2D eigenvalue weighted by molar-refractivity contribution is 6.03. The summed E-state index contributed by atoms with van der Waals surface area (Å²) in [5.74, 6) is -2.62. The molecule has 2 amide bonds. The van der Waals surface area contributed by atoms with Gasteiger partial charge in [0.25, 0.3) is 0 Å². The minimum Gasteiger partial charge on any atom is -0.480 e. The van der Waals surface area contributed by atoms with Crippen LogP contribution in [0.25, 0.3) is 0 Å². The Morgan fingerprint density at radius 3 is 2.50 bits per heavy atom. The molecule has 0 spiro atoms. The van der Waals surface area contributed by atoms with Crippen LogP contribution in [0.1, 0.15) is 32.6 Å². The van der Waals surface area contributed by atoms with E-state index >= 15 is 0 Å². The molecule has 1 saturated heterocycles. The second-order valence-corrected chi connectivity index (χ2v) is 5.79. The third kappa shape index (κ3) is 5.46. The van der Waals surface area contributed by atoms with Crippen LogP contribution in [-0.2, 0) is 14.4 Å². The Morgan fingerprint density at radius 2 is 2.04 bits per heavy atom. The van der Waals surface area contributed by atoms with Crippen molar-refractivity contribution in [2.75, 3.05) is 13.1 Å². The summed E-state index contributed by atoms with van der Waals surface area (Å²) < 4.78 is 0. The topological polar surface area (TPSA) is 177 Å². The average molecular weight is 342 g/mol. The summed E-state index contributed by atoms with van der Waals surface area (Å²) in [5, 5.41) is 12.5. The summed E-state index contributed by atoms with van der Waals surface area (Å²) in [4.78, 5) is 41.2. The zero-order chi connectivity index (χ0) is 18.3. The predicted molar refractivity (Wildman–Crippen MR) is 87.9 cm³/mol. The van der Waals surface area contributed by atoms with Gasteiger partial charge in [0.1, 0.15) is 6.04 Å². The van der Waals surface area contributed by atoms with Crippen LogP contribution in [0.5, 0.6) is 0 Å². The first-order valence-electron chi connectivity index (χ1n) is 7.89. The molecule has 0 saturated carbocycles. The second kappa shape index (κ2) is 9.18. The van der Waals surface area contributed by atoms with E-state index in [0.29, 0.717) is 19.4 Å². The van der Waals surface area contributed by atoms with Gasteiger partial charge in [-0.3, -0.25) is 19.5 Å². The van der Waals surface area contributed by atoms with E-state index in [2.05, 4.69) is 10.3 Å². The molecule has 136 valence electrons. The van der Waals surface area contributed by atoms with Gasteiger partial charge in [-0.05, 0) is 39.2 Å². The van der Waals surface area contributed by atoms with Gasteiger partial charge < -0.3 is 27.6 Å². The van der Waals surface area contributed by atoms with Gasteiger partial charge in [0, 0.05) is 6.54 Å². The van der Waals surface area contributed by atoms with E-state index in [1.165, 1.54) is 6.92 Å². The van der Waals surface area contributed by atoms with Crippen molar-refractivity contribution in [2.24, 2.45) is 22.2 Å². The average Bonchev–Trinajstić information content (AvgIpc) is 3.02. The molecule has 1 rings (SSSR count). The highest BCUT2D eigenvalue weighted by Gasteiger charge is 2.39. The van der Waals surface area contributed by atoms with Crippen molar-refractivity contribution in [2.45, 2.75) is 50.7 Å². The van der Waals surface area contributed by atoms with Crippen LogP contribution in [0.3, 0.4) is 0 Å². The van der Waals surface area contributed by atoms with E-state index in [1.54, 1.807) is 0 Å². The molecule has 1 heterocycles. The fourth-order valence-corrected chi connectivity index (χ4v) is 2.55. The number of carbonyl (C=O) groups is 3. The molecule has 0 radical (unpaired) electrons. The standard InChI is InChI=1S/C14H26N6O4/c1-8(15)11(21)20(12(22)9-4-2-6-18-9)10(13(23)24)5-3-7-19-14(16)17/h8-10,18H,2-7,15H2,1H3,(H,23,24)(H4,16,17,19). The van der Waals surface area contributed by atoms with Gasteiger partial charge in [0.05, 0.1) is 12.1 Å². The van der Waals surface area contributed by atoms with Crippen LogP contribution in [0.2, 0.25) is 0 Å². The number of carboxylic acid groups (broad SMARTS) is 1. The molecule has 1 aliphatic rings. The number of carbonyl (C=O) groups excluding carboxylic acids is 2. The molecule has 1 fully saturated rings. The van der Waals surface area contributed by atoms with E-state index in [4.69, 9.17) is 17.2 Å². The molecule has 8 N–H and O–H groups in total. The number of aliphatic imine (C=N–C) groups is 1. The van der Waals surface area contributed by atoms with Crippen LogP contribution in [0, 0.1) is 0 Å². The summed E-state index contributed by atoms with van der Waals surface area (Å²) >= 11 is 0. The number of nitrogens with zero attached hydrogens (tertiary/aromatic N) is 2. The molecule has 3 unspecified atom stereocenters. The summed E-state index contributed by atoms with van der Waals surface area (Å²) in [7, 11) is 0. The van der Waals surface area contributed by atoms with Crippen molar-refractivity contribution in [1.29, 1.82) is 0 Å². The van der Waals surface area contributed by atoms with Crippen molar-refractivity contribution < 1.29 is 19.5 Å². The third-order valence-corrected chi connectivity index (χ3v) is 3.75. The van der Waals surface area contributed by atoms with E-state index in [-0.39, 0.29) is 18.9 Å². The van der Waals surface area contributed by atoms with Crippen LogP contribution >= 0.6 is 0 Å². The number of nitrogens with two attached hydrogens (primary N) is 3. The van der Waals surface area contributed by atoms with Gasteiger partial charge >= 0.3 is 5.97 Å². The molecule has 3 atom stereocenters. The SMILES string of the molecule is CC(N)C(=O)N(C(=O)C1CCCN1)C(CCCN=C(N)N)C(=O)O. The summed E-state index contributed by atoms with van der Waals surface area (Å²) in [6.45, 7) is 2.28. The van der Waals surface area contributed by atoms with Gasteiger partial charge in [0.2, 0.25) is 11.8 Å². The Morgan fingerprint density at radius 1 is 1.38 bits per heavy atom. The van der Waals surface area contributed by atoms with E-state index in [1.807, 2.05) is 0 Å². The highest BCUT2D eigenvalue weighted by Crippen LogP contribution is 2.16. The molecule has 10 heteroatoms. The van der Waals surface area contributed by atoms with Gasteiger partial charge in [-0.2, -0.15) is 0 Å². The lowest BCUT2D eigenvalue weighted by molar-refractivity contribution is -0.159. The molecular weight excluding hydrogens is 316 g/mol. The van der Waals surface area contributed by atoms with Crippen molar-refractivity contribution in [3.05, 3.63) is 0 Å². The number of rotatable bonds is 8. The Hall–Kier alpha value is -2.20. The number of carboxylic acids is 1. The fourth-order valence-electron chi connectivity index (χ4n) is 2.55. The van der Waals surface area contributed by atoms with Gasteiger partial charge in [-0.1, -0.05) is 0 Å². The molecule has 0 aliphatic carbocycles. The Labute approximate surface area is 140 Å². The lowest BCUT2D eigenvalue weighted by Gasteiger charge is -2.30. The lowest BCUT2D eigenvalue weighted by Crippen LogP contribution is -2.57. The van der Waals surface area contributed by atoms with Gasteiger partial charge in [-0.15, -0.1) is 0 Å². The molecule has 10 nitrogen and oxygen atoms in total. The molecule has 0 aromatic heterocycles. The monoisotopic (exact) mass is 342 g/mol. The molecular formula is C14H26N6O4. The predicted octanol–water partition coefficient (Wildman–Crippen LogP) is -2.05. The number of hydrogen-bond donors (Lipinski definition) is 5. The summed E-state index contributed by atoms with van der Waals surface area (Å²) in [5.41, 5.74) is 16.0. The molecule has 1 aliphatic heterocycles. The lowest BCUT2D eigenvalue weighted by atomic mass is 10.1. The number of guanidine groups is 1. The zero-order valence-electron chi connectivity index (χ0n) is 13.8. The molecule has 0 bridgehead atoms. The van der Waals surface area contributed by atoms with Gasteiger partial charge in [0.15, 0.2) is 5.96 Å². The minimum absolute atomic E-state index is 0.0447. The maximum absolute atomic E-state index is 12.6. The Bertz CT molecular complexity index is 497. The van der Waals surface area contributed by atoms with Crippen molar-refractivity contribution in [3.8, 4) is 0 Å². The largest absolute Gasteiger partial charge is 0.480 e. The first-order valence-corrected chi connectivity index (χ1v) is 7.89. The molecule has 0 aromatic carbocycles. The Kier molecular flexibility index (Phi) is 7.59. The van der Waals surface area contributed by atoms with E-state index in [9.17, 15) is 19.5 Å². The number of amides is 2. The molecule has 0 aromatic rings. The third-order valence-electron chi connectivity index (χ3n) is 3.75. The molecule has 24 heavy (non-hydrogen) atoms. The maximum atomic E-state index is 12.6. The zero-order valence-corrected chi connectivity index (χ0v) is 13.8. The Balaban J connectivity index is 2.93. The van der Waals surface area contributed by atoms with Crippen molar-refractivity contribution in [1.82, 2.24) is 10.2 Å². The summed E-state index contributed by atoms with van der Waals surface area (Å²) in [6.07, 6.45) is 1.70. The van der Waals surface area contributed by atoms with Crippen LogP contribution in [0.15, 0.2) is 4.99 Å². The number of nitrogens with one attached hydrogen (secondary N) is 1. The maximum Gasteiger partial charge on any atom is 0.326 e. The first kappa shape index (κ1) is 19.8. The quantitative estimate of drug-likeness (QED) is 0.190. The smallest absolute Gasteiger partial charge is 0.326 e. The van der Waals surface area contributed by atoms with E-state index < -0.39 is 35.9 Å². The van der Waals surface area contributed by atoms with Crippen LogP contribution in [-0.4, -0.2) is 65.0 Å². The number of aliphatic carboxylic acids is 1. The van der Waals surface area contributed by atoms with Crippen LogP contribution in [0.4, 0.5) is 0 Å². The fraction of sp³-hybridized carbons (Fsp3) is 0.714. The van der Waals surface area contributed by atoms with E-state index in [0.717, 1.165) is 11.3 Å². The summed E-state index contributed by atoms with van der Waals surface area (Å²) in [6, 6.07) is -2.84. The minimum atomic E-state index is -1.30. The second-order valence-electron chi connectivity index (χ2n) is 5.79.